The molecule has 0 saturated carbocycles. The summed E-state index contributed by atoms with van der Waals surface area (Å²) in [4.78, 5) is 12.4. The second-order valence-corrected chi connectivity index (χ2v) is 11.6. The van der Waals surface area contributed by atoms with Crippen molar-refractivity contribution in [2.75, 3.05) is 0 Å². The second-order valence-electron chi connectivity index (χ2n) is 7.71. The monoisotopic (exact) mass is 565 g/mol. The minimum absolute atomic E-state index is 0.206. The Morgan fingerprint density at radius 1 is 0.595 bits per heavy atom. The Hall–Kier alpha value is -3.39. The van der Waals surface area contributed by atoms with E-state index < -0.39 is 46.4 Å². The number of halogens is 6. The molecule has 1 amide bonds. The molecule has 3 aromatic rings. The van der Waals surface area contributed by atoms with Crippen LogP contribution in [-0.4, -0.2) is 38.7 Å². The molecule has 0 radical (unpaired) electrons. The van der Waals surface area contributed by atoms with E-state index in [1.165, 1.54) is 17.0 Å². The Bertz CT molecular complexity index is 1380. The van der Waals surface area contributed by atoms with Crippen molar-refractivity contribution in [3.05, 3.63) is 95.6 Å². The predicted molar refractivity (Wildman–Crippen MR) is 119 cm³/mol. The molecule has 3 rings (SSSR count). The fourth-order valence-electron chi connectivity index (χ4n) is 3.22. The lowest BCUT2D eigenvalue weighted by molar-refractivity contribution is -0.0442. The molecular weight excluding hydrogens is 548 g/mol. The van der Waals surface area contributed by atoms with E-state index in [1.807, 2.05) is 0 Å². The lowest BCUT2D eigenvalue weighted by Crippen LogP contribution is -2.30. The lowest BCUT2D eigenvalue weighted by Gasteiger charge is -2.23. The number of benzene rings is 3. The van der Waals surface area contributed by atoms with Gasteiger partial charge < -0.3 is 4.90 Å². The summed E-state index contributed by atoms with van der Waals surface area (Å²) in [5, 5.41) is 0. The number of rotatable bonds is 7. The summed E-state index contributed by atoms with van der Waals surface area (Å²) in [6, 6.07) is 15.2. The minimum atomic E-state index is -5.57. The summed E-state index contributed by atoms with van der Waals surface area (Å²) >= 11 is 0. The van der Waals surface area contributed by atoms with Gasteiger partial charge in [-0.1, -0.05) is 42.5 Å². The Morgan fingerprint density at radius 3 is 1.27 bits per heavy atom. The molecule has 0 aromatic heterocycles. The molecule has 0 aliphatic rings. The van der Waals surface area contributed by atoms with E-state index in [9.17, 15) is 48.0 Å². The van der Waals surface area contributed by atoms with Crippen molar-refractivity contribution in [3.8, 4) is 0 Å². The number of carbonyl (C=O) groups excluding carboxylic acids is 1. The predicted octanol–water partition coefficient (Wildman–Crippen LogP) is 5.12. The van der Waals surface area contributed by atoms with Gasteiger partial charge in [0, 0.05) is 18.7 Å². The van der Waals surface area contributed by atoms with E-state index in [1.54, 1.807) is 18.2 Å². The van der Waals surface area contributed by atoms with Gasteiger partial charge in [-0.25, -0.2) is 16.8 Å². The van der Waals surface area contributed by atoms with Crippen LogP contribution in [0.15, 0.2) is 88.7 Å². The van der Waals surface area contributed by atoms with Gasteiger partial charge in [0.2, 0.25) is 0 Å². The van der Waals surface area contributed by atoms with Gasteiger partial charge >= 0.3 is 11.0 Å². The van der Waals surface area contributed by atoms with Gasteiger partial charge in [-0.2, -0.15) is 26.3 Å². The second kappa shape index (κ2) is 10.2. The van der Waals surface area contributed by atoms with E-state index in [4.69, 9.17) is 0 Å². The molecule has 0 aliphatic carbocycles. The van der Waals surface area contributed by atoms with E-state index in [0.717, 1.165) is 48.5 Å². The van der Waals surface area contributed by atoms with Crippen LogP contribution < -0.4 is 0 Å². The molecule has 14 heteroatoms. The molecule has 0 unspecified atom stereocenters. The van der Waals surface area contributed by atoms with Crippen LogP contribution in [0.3, 0.4) is 0 Å². The van der Waals surface area contributed by atoms with E-state index in [2.05, 4.69) is 0 Å². The highest BCUT2D eigenvalue weighted by Gasteiger charge is 2.47. The smallest absolute Gasteiger partial charge is 0.330 e. The molecule has 0 heterocycles. The van der Waals surface area contributed by atoms with Crippen LogP contribution in [0.4, 0.5) is 26.3 Å². The first-order valence-corrected chi connectivity index (χ1v) is 13.2. The van der Waals surface area contributed by atoms with Crippen LogP contribution >= 0.6 is 0 Å². The summed E-state index contributed by atoms with van der Waals surface area (Å²) in [5.74, 6) is -0.542. The molecule has 3 aromatic carbocycles. The number of alkyl halides is 6. The molecule has 6 nitrogen and oxygen atoms in total. The molecule has 0 bridgehead atoms. The van der Waals surface area contributed by atoms with Crippen LogP contribution in [0.2, 0.25) is 0 Å². The van der Waals surface area contributed by atoms with Crippen molar-refractivity contribution >= 4 is 25.6 Å². The van der Waals surface area contributed by atoms with Gasteiger partial charge in [-0.3, -0.25) is 4.79 Å². The van der Waals surface area contributed by atoms with Gasteiger partial charge in [0.25, 0.3) is 25.6 Å². The summed E-state index contributed by atoms with van der Waals surface area (Å²) in [7, 11) is -11.1. The number of sulfone groups is 2. The average molecular weight is 566 g/mol. The van der Waals surface area contributed by atoms with Crippen LogP contribution in [-0.2, 0) is 32.8 Å². The Labute approximate surface area is 208 Å². The number of hydrogen-bond acceptors (Lipinski definition) is 5. The van der Waals surface area contributed by atoms with Crippen molar-refractivity contribution in [2.24, 2.45) is 0 Å². The Morgan fingerprint density at radius 2 is 0.946 bits per heavy atom. The lowest BCUT2D eigenvalue weighted by atomic mass is 10.1. The van der Waals surface area contributed by atoms with Crippen LogP contribution in [0, 0.1) is 0 Å². The zero-order valence-electron chi connectivity index (χ0n) is 18.5. The van der Waals surface area contributed by atoms with Crippen molar-refractivity contribution < 1.29 is 48.0 Å². The summed E-state index contributed by atoms with van der Waals surface area (Å²) in [6.07, 6.45) is 0. The van der Waals surface area contributed by atoms with Crippen molar-refractivity contribution in [1.82, 2.24) is 4.90 Å². The third-order valence-electron chi connectivity index (χ3n) is 5.13. The third kappa shape index (κ3) is 6.13. The van der Waals surface area contributed by atoms with Crippen molar-refractivity contribution in [2.45, 2.75) is 33.9 Å². The van der Waals surface area contributed by atoms with E-state index in [-0.39, 0.29) is 29.8 Å². The number of carbonyl (C=O) groups is 1. The highest BCUT2D eigenvalue weighted by Crippen LogP contribution is 2.31. The number of nitrogens with zero attached hydrogens (tertiary/aromatic N) is 1. The summed E-state index contributed by atoms with van der Waals surface area (Å²) < 4.78 is 123. The first kappa shape index (κ1) is 28.2. The van der Waals surface area contributed by atoms with Crippen LogP contribution in [0.25, 0.3) is 0 Å². The van der Waals surface area contributed by atoms with Crippen LogP contribution in [0.1, 0.15) is 21.5 Å². The Kier molecular flexibility index (Phi) is 7.75. The third-order valence-corrected chi connectivity index (χ3v) is 8.14. The maximum atomic E-state index is 13.1. The van der Waals surface area contributed by atoms with Gasteiger partial charge in [0.1, 0.15) is 0 Å². The highest BCUT2D eigenvalue weighted by molar-refractivity contribution is 7.92. The topological polar surface area (TPSA) is 88.6 Å². The molecule has 0 saturated heterocycles. The first-order valence-electron chi connectivity index (χ1n) is 10.2. The number of amides is 1. The van der Waals surface area contributed by atoms with E-state index >= 15 is 0 Å². The standard InChI is InChI=1S/C23H17F6NO5S2/c24-22(25,26)36(32,33)19-10-6-16(7-11-19)14-30(21(31)18-4-2-1-3-5-18)15-17-8-12-20(13-9-17)37(34,35)23(27,28)29/h1-13H,14-15H2. The highest BCUT2D eigenvalue weighted by atomic mass is 32.2. The average Bonchev–Trinajstić information content (AvgIpc) is 2.83. The first-order chi connectivity index (χ1) is 17.0. The fraction of sp³-hybridized carbons (Fsp3) is 0.174. The molecule has 0 spiro atoms. The molecule has 0 atom stereocenters. The zero-order chi connectivity index (χ0) is 27.6. The van der Waals surface area contributed by atoms with Crippen molar-refractivity contribution in [1.29, 1.82) is 0 Å². The van der Waals surface area contributed by atoms with Gasteiger partial charge in [-0.05, 0) is 47.5 Å². The molecular formula is C23H17F6NO5S2. The maximum Gasteiger partial charge on any atom is 0.501 e. The number of hydrogen-bond donors (Lipinski definition) is 0. The van der Waals surface area contributed by atoms with E-state index in [0.29, 0.717) is 0 Å². The van der Waals surface area contributed by atoms with Gasteiger partial charge in [0.05, 0.1) is 9.79 Å². The molecule has 0 fully saturated rings. The molecule has 198 valence electrons. The van der Waals surface area contributed by atoms with Crippen LogP contribution in [0.5, 0.6) is 0 Å². The largest absolute Gasteiger partial charge is 0.501 e. The molecule has 0 aliphatic heterocycles. The zero-order valence-corrected chi connectivity index (χ0v) is 20.1. The SMILES string of the molecule is O=C(c1ccccc1)N(Cc1ccc(S(=O)(=O)C(F)(F)F)cc1)Cc1ccc(S(=O)(=O)C(F)(F)F)cc1. The maximum absolute atomic E-state index is 13.1. The quantitative estimate of drug-likeness (QED) is 0.372. The van der Waals surface area contributed by atoms with Gasteiger partial charge in [-0.15, -0.1) is 0 Å². The minimum Gasteiger partial charge on any atom is -0.330 e. The summed E-state index contributed by atoms with van der Waals surface area (Å²) in [6.45, 7) is -0.411. The normalized spacial score (nSPS) is 12.8. The Balaban J connectivity index is 1.90. The van der Waals surface area contributed by atoms with Crippen molar-refractivity contribution in [3.63, 3.8) is 0 Å². The summed E-state index contributed by atoms with van der Waals surface area (Å²) in [5.41, 5.74) is -10.2. The molecule has 37 heavy (non-hydrogen) atoms. The molecule has 0 N–H and O–H groups in total. The van der Waals surface area contributed by atoms with Gasteiger partial charge in [0.15, 0.2) is 0 Å². The fourth-order valence-corrected chi connectivity index (χ4v) is 4.74.